The normalized spacial score (nSPS) is 11.8. The summed E-state index contributed by atoms with van der Waals surface area (Å²) in [4.78, 5) is 2.05. The van der Waals surface area contributed by atoms with E-state index < -0.39 is 0 Å². The molecule has 0 saturated carbocycles. The highest BCUT2D eigenvalue weighted by Crippen LogP contribution is 2.13. The lowest BCUT2D eigenvalue weighted by Gasteiger charge is -2.11. The van der Waals surface area contributed by atoms with Crippen LogP contribution in [0.25, 0.3) is 6.08 Å². The van der Waals surface area contributed by atoms with Crippen molar-refractivity contribution >= 4 is 23.7 Å². The van der Waals surface area contributed by atoms with E-state index in [2.05, 4.69) is 4.90 Å². The molecule has 0 spiro atoms. The second-order valence-electron chi connectivity index (χ2n) is 4.66. The molecule has 102 valence electrons. The van der Waals surface area contributed by atoms with Crippen LogP contribution in [0.15, 0.2) is 60.7 Å². The Morgan fingerprint density at radius 3 is 2.20 bits per heavy atom. The third-order valence-corrected chi connectivity index (χ3v) is 2.93. The first-order valence-electron chi connectivity index (χ1n) is 6.47. The van der Waals surface area contributed by atoms with Crippen LogP contribution in [-0.4, -0.2) is 25.0 Å². The molecule has 2 aromatic carbocycles. The van der Waals surface area contributed by atoms with E-state index in [4.69, 9.17) is 0 Å². The molecule has 3 nitrogen and oxygen atoms in total. The molecule has 0 aliphatic carbocycles. The summed E-state index contributed by atoms with van der Waals surface area (Å²) >= 11 is 0. The molecule has 0 aliphatic heterocycles. The minimum Gasteiger partial charge on any atom is -0.618 e. The Bertz CT molecular complexity index is 599. The van der Waals surface area contributed by atoms with Gasteiger partial charge in [-0.25, -0.2) is 0 Å². The summed E-state index contributed by atoms with van der Waals surface area (Å²) < 4.78 is 0.852. The van der Waals surface area contributed by atoms with Crippen molar-refractivity contribution in [2.24, 2.45) is 0 Å². The molecule has 0 aromatic heterocycles. The van der Waals surface area contributed by atoms with Gasteiger partial charge in [0.2, 0.25) is 5.69 Å². The Kier molecular flexibility index (Phi) is 4.56. The van der Waals surface area contributed by atoms with Gasteiger partial charge in [-0.2, -0.15) is 4.74 Å². The molecule has 0 N–H and O–H groups in total. The van der Waals surface area contributed by atoms with Gasteiger partial charge in [0, 0.05) is 38.0 Å². The van der Waals surface area contributed by atoms with Crippen molar-refractivity contribution in [3.05, 3.63) is 71.4 Å². The highest BCUT2D eigenvalue weighted by atomic mass is 16.5. The minimum absolute atomic E-state index is 0.625. The molecular formula is C17H18N2O. The first-order valence-corrected chi connectivity index (χ1v) is 6.47. The summed E-state index contributed by atoms with van der Waals surface area (Å²) in [6, 6.07) is 17.3. The number of para-hydroxylation sites is 1. The molecule has 20 heavy (non-hydrogen) atoms. The second kappa shape index (κ2) is 6.57. The zero-order valence-corrected chi connectivity index (χ0v) is 11.7. The van der Waals surface area contributed by atoms with Crippen LogP contribution in [0, 0.1) is 5.21 Å². The topological polar surface area (TPSA) is 29.3 Å². The highest BCUT2D eigenvalue weighted by molar-refractivity contribution is 5.76. The summed E-state index contributed by atoms with van der Waals surface area (Å²) in [5, 5.41) is 11.8. The van der Waals surface area contributed by atoms with Gasteiger partial charge in [-0.3, -0.25) is 0 Å². The standard InChI is InChI=1S/C17H18N2O/c1-18(2)16-12-10-15(11-13-16)7-6-14-19(20)17-8-4-3-5-9-17/h3-14H,1-2H3. The Hall–Kier alpha value is -2.55. The number of allylic oxidation sites excluding steroid dienone is 1. The molecule has 0 saturated heterocycles. The maximum absolute atomic E-state index is 11.8. The second-order valence-corrected chi connectivity index (χ2v) is 4.66. The molecular weight excluding hydrogens is 248 g/mol. The number of nitrogens with zero attached hydrogens (tertiary/aromatic N) is 2. The van der Waals surface area contributed by atoms with E-state index in [0.717, 1.165) is 16.0 Å². The van der Waals surface area contributed by atoms with E-state index in [1.165, 1.54) is 6.21 Å². The predicted molar refractivity (Wildman–Crippen MR) is 85.6 cm³/mol. The van der Waals surface area contributed by atoms with Crippen LogP contribution in [0.5, 0.6) is 0 Å². The minimum atomic E-state index is 0.625. The SMILES string of the molecule is CN(C)c1ccc(C=CC=[N+]([O-])c2ccccc2)cc1. The zero-order chi connectivity index (χ0) is 14.4. The van der Waals surface area contributed by atoms with Crippen LogP contribution < -0.4 is 4.90 Å². The summed E-state index contributed by atoms with van der Waals surface area (Å²) in [7, 11) is 4.02. The van der Waals surface area contributed by atoms with Crippen molar-refractivity contribution in [2.75, 3.05) is 19.0 Å². The van der Waals surface area contributed by atoms with Gasteiger partial charge in [-0.05, 0) is 23.8 Å². The average Bonchev–Trinajstić information content (AvgIpc) is 2.48. The summed E-state index contributed by atoms with van der Waals surface area (Å²) in [5.74, 6) is 0. The molecule has 0 aliphatic rings. The van der Waals surface area contributed by atoms with Gasteiger partial charge in [0.15, 0.2) is 6.21 Å². The number of hydrogen-bond donors (Lipinski definition) is 0. The number of benzene rings is 2. The Balaban J connectivity index is 2.06. The number of anilines is 1. The Morgan fingerprint density at radius 1 is 0.950 bits per heavy atom. The Morgan fingerprint density at radius 2 is 1.60 bits per heavy atom. The van der Waals surface area contributed by atoms with E-state index in [-0.39, 0.29) is 0 Å². The van der Waals surface area contributed by atoms with Gasteiger partial charge in [-0.1, -0.05) is 30.3 Å². The smallest absolute Gasteiger partial charge is 0.216 e. The van der Waals surface area contributed by atoms with Crippen LogP contribution in [0.4, 0.5) is 11.4 Å². The van der Waals surface area contributed by atoms with Crippen molar-refractivity contribution in [3.63, 3.8) is 0 Å². The summed E-state index contributed by atoms with van der Waals surface area (Å²) in [5.41, 5.74) is 2.84. The monoisotopic (exact) mass is 266 g/mol. The van der Waals surface area contributed by atoms with Crippen molar-refractivity contribution < 1.29 is 4.74 Å². The zero-order valence-electron chi connectivity index (χ0n) is 11.7. The fraction of sp³-hybridized carbons (Fsp3) is 0.118. The van der Waals surface area contributed by atoms with E-state index in [1.54, 1.807) is 18.2 Å². The van der Waals surface area contributed by atoms with Gasteiger partial charge in [-0.15, -0.1) is 0 Å². The van der Waals surface area contributed by atoms with Gasteiger partial charge < -0.3 is 10.1 Å². The summed E-state index contributed by atoms with van der Waals surface area (Å²) in [6.07, 6.45) is 5.17. The van der Waals surface area contributed by atoms with Crippen molar-refractivity contribution in [3.8, 4) is 0 Å². The largest absolute Gasteiger partial charge is 0.618 e. The van der Waals surface area contributed by atoms with Crippen LogP contribution >= 0.6 is 0 Å². The maximum Gasteiger partial charge on any atom is 0.216 e. The van der Waals surface area contributed by atoms with Crippen LogP contribution in [0.1, 0.15) is 5.56 Å². The molecule has 0 unspecified atom stereocenters. The van der Waals surface area contributed by atoms with Crippen molar-refractivity contribution in [2.45, 2.75) is 0 Å². The number of rotatable bonds is 4. The molecule has 0 fully saturated rings. The van der Waals surface area contributed by atoms with Gasteiger partial charge in [0.1, 0.15) is 0 Å². The summed E-state index contributed by atoms with van der Waals surface area (Å²) in [6.45, 7) is 0. The predicted octanol–water partition coefficient (Wildman–Crippen LogP) is 3.68. The molecule has 0 amide bonds. The van der Waals surface area contributed by atoms with Crippen LogP contribution in [-0.2, 0) is 0 Å². The van der Waals surface area contributed by atoms with E-state index in [0.29, 0.717) is 5.69 Å². The third-order valence-electron chi connectivity index (χ3n) is 2.93. The fourth-order valence-corrected chi connectivity index (χ4v) is 1.78. The molecule has 2 aromatic rings. The maximum atomic E-state index is 11.8. The van der Waals surface area contributed by atoms with Gasteiger partial charge in [0.05, 0.1) is 0 Å². The van der Waals surface area contributed by atoms with Crippen molar-refractivity contribution in [1.82, 2.24) is 0 Å². The van der Waals surface area contributed by atoms with E-state index in [9.17, 15) is 5.21 Å². The van der Waals surface area contributed by atoms with E-state index in [1.807, 2.05) is 62.6 Å². The molecule has 0 atom stereocenters. The molecule has 0 heterocycles. The lowest BCUT2D eigenvalue weighted by atomic mass is 10.2. The fourth-order valence-electron chi connectivity index (χ4n) is 1.78. The molecule has 2 rings (SSSR count). The third kappa shape index (κ3) is 3.72. The number of hydrogen-bond acceptors (Lipinski definition) is 2. The van der Waals surface area contributed by atoms with Crippen LogP contribution in [0.3, 0.4) is 0 Å². The van der Waals surface area contributed by atoms with Gasteiger partial charge >= 0.3 is 0 Å². The lowest BCUT2D eigenvalue weighted by molar-refractivity contribution is -0.354. The molecule has 0 bridgehead atoms. The van der Waals surface area contributed by atoms with Crippen LogP contribution in [0.2, 0.25) is 0 Å². The first-order chi connectivity index (χ1) is 9.66. The van der Waals surface area contributed by atoms with Crippen molar-refractivity contribution in [1.29, 1.82) is 0 Å². The lowest BCUT2D eigenvalue weighted by Crippen LogP contribution is -2.07. The molecule has 3 heteroatoms. The average molecular weight is 266 g/mol. The highest BCUT2D eigenvalue weighted by Gasteiger charge is 1.96. The first kappa shape index (κ1) is 13.9. The Labute approximate surface area is 119 Å². The molecule has 0 radical (unpaired) electrons. The van der Waals surface area contributed by atoms with Gasteiger partial charge in [0.25, 0.3) is 0 Å². The quantitative estimate of drug-likeness (QED) is 0.365. The van der Waals surface area contributed by atoms with E-state index >= 15 is 0 Å².